The van der Waals surface area contributed by atoms with Gasteiger partial charge in [-0.25, -0.2) is 4.79 Å². The van der Waals surface area contributed by atoms with Gasteiger partial charge in [-0.05, 0) is 86.2 Å². The second-order valence-electron chi connectivity index (χ2n) is 10.3. The predicted octanol–water partition coefficient (Wildman–Crippen LogP) is 4.16. The zero-order valence-electron chi connectivity index (χ0n) is 17.0. The molecular weight excluding hydrogens is 352 g/mol. The van der Waals surface area contributed by atoms with Crippen LogP contribution in [0.3, 0.4) is 0 Å². The molecular formula is C24H32O4. The van der Waals surface area contributed by atoms with E-state index in [0.29, 0.717) is 11.8 Å². The van der Waals surface area contributed by atoms with Crippen LogP contribution in [-0.2, 0) is 0 Å². The van der Waals surface area contributed by atoms with Crippen molar-refractivity contribution >= 4 is 0 Å². The Morgan fingerprint density at radius 3 is 2.61 bits per heavy atom. The Morgan fingerprint density at radius 2 is 1.86 bits per heavy atom. The van der Waals surface area contributed by atoms with Crippen LogP contribution in [0.1, 0.15) is 76.7 Å². The van der Waals surface area contributed by atoms with Gasteiger partial charge in [0, 0.05) is 11.5 Å². The summed E-state index contributed by atoms with van der Waals surface area (Å²) in [6.45, 7) is 4.65. The fourth-order valence-corrected chi connectivity index (χ4v) is 7.78. The lowest BCUT2D eigenvalue weighted by molar-refractivity contribution is -0.178. The first-order valence-electron chi connectivity index (χ1n) is 11.0. The molecule has 1 heterocycles. The van der Waals surface area contributed by atoms with E-state index in [0.717, 1.165) is 56.9 Å². The number of aliphatic hydroxyl groups is 2. The molecule has 4 aliphatic rings. The van der Waals surface area contributed by atoms with Gasteiger partial charge in [0.15, 0.2) is 0 Å². The third-order valence-electron chi connectivity index (χ3n) is 9.40. The van der Waals surface area contributed by atoms with Crippen LogP contribution < -0.4 is 5.63 Å². The van der Waals surface area contributed by atoms with E-state index >= 15 is 0 Å². The Morgan fingerprint density at radius 1 is 1.04 bits per heavy atom. The predicted molar refractivity (Wildman–Crippen MR) is 107 cm³/mol. The van der Waals surface area contributed by atoms with Crippen LogP contribution in [0, 0.1) is 22.7 Å². The Bertz CT molecular complexity index is 851. The standard InChI is InChI=1S/C24H32O4/c1-22-10-7-17(25)13-16(22)4-5-20-19(22)8-11-23(2)18(9-12-24(20,23)27)15-3-6-21(26)28-14-15/h3,6,13-14,17-20,25,27H,4-5,7-12H2,1-2H3/t17?,18?,19?,20?,22-,23?,24?/m0/s1. The average molecular weight is 385 g/mol. The van der Waals surface area contributed by atoms with Crippen LogP contribution in [0.4, 0.5) is 0 Å². The average Bonchev–Trinajstić information content (AvgIpc) is 2.95. The normalized spacial score (nSPS) is 47.6. The van der Waals surface area contributed by atoms with Crippen molar-refractivity contribution in [3.63, 3.8) is 0 Å². The van der Waals surface area contributed by atoms with Gasteiger partial charge < -0.3 is 14.6 Å². The van der Waals surface area contributed by atoms with E-state index in [1.54, 1.807) is 6.26 Å². The fraction of sp³-hybridized carbons (Fsp3) is 0.708. The lowest BCUT2D eigenvalue weighted by atomic mass is 9.45. The summed E-state index contributed by atoms with van der Waals surface area (Å²) >= 11 is 0. The third-order valence-corrected chi connectivity index (χ3v) is 9.40. The van der Waals surface area contributed by atoms with Crippen LogP contribution in [0.2, 0.25) is 0 Å². The first-order valence-corrected chi connectivity index (χ1v) is 11.0. The van der Waals surface area contributed by atoms with Gasteiger partial charge in [-0.3, -0.25) is 0 Å². The summed E-state index contributed by atoms with van der Waals surface area (Å²) in [5, 5.41) is 22.3. The summed E-state index contributed by atoms with van der Waals surface area (Å²) in [6, 6.07) is 3.40. The molecule has 1 aromatic heterocycles. The van der Waals surface area contributed by atoms with Crippen LogP contribution in [0.15, 0.2) is 39.3 Å². The molecule has 0 saturated heterocycles. The summed E-state index contributed by atoms with van der Waals surface area (Å²) in [4.78, 5) is 11.4. The van der Waals surface area contributed by atoms with Crippen LogP contribution >= 0.6 is 0 Å². The second-order valence-corrected chi connectivity index (χ2v) is 10.3. The summed E-state index contributed by atoms with van der Waals surface area (Å²) in [7, 11) is 0. The Labute approximate surface area is 166 Å². The van der Waals surface area contributed by atoms with Crippen molar-refractivity contribution in [2.45, 2.75) is 82.8 Å². The highest BCUT2D eigenvalue weighted by Gasteiger charge is 2.66. The van der Waals surface area contributed by atoms with Crippen LogP contribution in [0.5, 0.6) is 0 Å². The van der Waals surface area contributed by atoms with Gasteiger partial charge in [0.1, 0.15) is 0 Å². The minimum Gasteiger partial charge on any atom is -0.431 e. The van der Waals surface area contributed by atoms with Gasteiger partial charge in [0.25, 0.3) is 0 Å². The highest BCUT2D eigenvalue weighted by atomic mass is 16.4. The van der Waals surface area contributed by atoms with Crippen molar-refractivity contribution in [3.8, 4) is 0 Å². The van der Waals surface area contributed by atoms with Crippen molar-refractivity contribution < 1.29 is 14.6 Å². The molecule has 6 unspecified atom stereocenters. The van der Waals surface area contributed by atoms with Crippen molar-refractivity contribution in [1.82, 2.24) is 0 Å². The van der Waals surface area contributed by atoms with Crippen LogP contribution in [0.25, 0.3) is 0 Å². The lowest BCUT2D eigenvalue weighted by Gasteiger charge is -2.61. The zero-order chi connectivity index (χ0) is 19.7. The number of fused-ring (bicyclic) bond motifs is 5. The van der Waals surface area contributed by atoms with Gasteiger partial charge in [-0.15, -0.1) is 0 Å². The van der Waals surface area contributed by atoms with Gasteiger partial charge in [-0.1, -0.05) is 25.5 Å². The van der Waals surface area contributed by atoms with E-state index < -0.39 is 5.60 Å². The van der Waals surface area contributed by atoms with E-state index in [1.807, 2.05) is 6.07 Å². The maximum absolute atomic E-state index is 12.1. The number of allylic oxidation sites excluding steroid dienone is 1. The van der Waals surface area contributed by atoms with E-state index in [2.05, 4.69) is 19.9 Å². The molecule has 0 bridgehead atoms. The number of aliphatic hydroxyl groups excluding tert-OH is 1. The maximum atomic E-state index is 12.1. The van der Waals surface area contributed by atoms with Crippen LogP contribution in [-0.4, -0.2) is 21.9 Å². The van der Waals surface area contributed by atoms with E-state index in [9.17, 15) is 15.0 Å². The van der Waals surface area contributed by atoms with E-state index in [-0.39, 0.29) is 28.5 Å². The molecule has 0 radical (unpaired) electrons. The van der Waals surface area contributed by atoms with Gasteiger partial charge >= 0.3 is 5.63 Å². The Kier molecular flexibility index (Phi) is 4.03. The van der Waals surface area contributed by atoms with Gasteiger partial charge in [0.05, 0.1) is 18.0 Å². The molecule has 4 nitrogen and oxygen atoms in total. The van der Waals surface area contributed by atoms with E-state index in [4.69, 9.17) is 4.42 Å². The van der Waals surface area contributed by atoms with Gasteiger partial charge in [0.2, 0.25) is 0 Å². The van der Waals surface area contributed by atoms with E-state index in [1.165, 1.54) is 11.6 Å². The summed E-state index contributed by atoms with van der Waals surface area (Å²) in [6.07, 6.45) is 11.2. The lowest BCUT2D eigenvalue weighted by Crippen LogP contribution is -2.60. The third kappa shape index (κ3) is 2.34. The first kappa shape index (κ1) is 18.6. The molecule has 0 amide bonds. The molecule has 0 aliphatic heterocycles. The molecule has 7 atom stereocenters. The molecule has 4 aliphatic carbocycles. The largest absolute Gasteiger partial charge is 0.431 e. The smallest absolute Gasteiger partial charge is 0.335 e. The quantitative estimate of drug-likeness (QED) is 0.713. The fourth-order valence-electron chi connectivity index (χ4n) is 7.78. The maximum Gasteiger partial charge on any atom is 0.335 e. The number of hydrogen-bond acceptors (Lipinski definition) is 4. The molecule has 152 valence electrons. The summed E-state index contributed by atoms with van der Waals surface area (Å²) in [5.74, 6) is 1.04. The van der Waals surface area contributed by atoms with Crippen molar-refractivity contribution in [1.29, 1.82) is 0 Å². The molecule has 2 N–H and O–H groups in total. The zero-order valence-corrected chi connectivity index (χ0v) is 17.0. The molecule has 0 spiro atoms. The number of rotatable bonds is 1. The summed E-state index contributed by atoms with van der Waals surface area (Å²) in [5.41, 5.74) is 1.45. The van der Waals surface area contributed by atoms with Crippen molar-refractivity contribution in [2.24, 2.45) is 22.7 Å². The highest BCUT2D eigenvalue weighted by molar-refractivity contribution is 5.31. The molecule has 0 aromatic carbocycles. The Hall–Kier alpha value is -1.39. The summed E-state index contributed by atoms with van der Waals surface area (Å²) < 4.78 is 5.16. The van der Waals surface area contributed by atoms with Crippen molar-refractivity contribution in [3.05, 3.63) is 46.0 Å². The molecule has 3 fully saturated rings. The molecule has 3 saturated carbocycles. The Balaban J connectivity index is 1.51. The minimum atomic E-state index is -0.665. The first-order chi connectivity index (χ1) is 13.3. The molecule has 1 aromatic rings. The second kappa shape index (κ2) is 6.06. The topological polar surface area (TPSA) is 70.7 Å². The minimum absolute atomic E-state index is 0.122. The number of hydrogen-bond donors (Lipinski definition) is 2. The molecule has 28 heavy (non-hydrogen) atoms. The van der Waals surface area contributed by atoms with Gasteiger partial charge in [-0.2, -0.15) is 0 Å². The monoisotopic (exact) mass is 384 g/mol. The SMILES string of the molecule is CC12CCC3C(CCC4=CC(O)CC[C@@]43C)C1(O)CCC2c1ccc(=O)oc1. The van der Waals surface area contributed by atoms with Crippen molar-refractivity contribution in [2.75, 3.05) is 0 Å². The molecule has 4 heteroatoms. The highest BCUT2D eigenvalue weighted by Crippen LogP contribution is 2.70. The molecule has 5 rings (SSSR count).